The lowest BCUT2D eigenvalue weighted by atomic mass is 10.1. The van der Waals surface area contributed by atoms with Crippen LogP contribution in [0.15, 0.2) is 53.5 Å². The first-order valence-corrected chi connectivity index (χ1v) is 9.54. The second-order valence-electron chi connectivity index (χ2n) is 6.69. The number of benzene rings is 2. The van der Waals surface area contributed by atoms with Gasteiger partial charge >= 0.3 is 0 Å². The molecule has 0 spiro atoms. The molecule has 5 nitrogen and oxygen atoms in total. The zero-order chi connectivity index (χ0) is 20.4. The van der Waals surface area contributed by atoms with Crippen molar-refractivity contribution in [2.75, 3.05) is 20.1 Å². The lowest BCUT2D eigenvalue weighted by molar-refractivity contribution is -0.130. The minimum absolute atomic E-state index is 0.0628. The molecule has 1 amide bonds. The molecule has 0 aliphatic heterocycles. The Morgan fingerprint density at radius 3 is 2.54 bits per heavy atom. The Kier molecular flexibility index (Phi) is 8.46. The van der Waals surface area contributed by atoms with Crippen LogP contribution in [0.25, 0.3) is 0 Å². The molecule has 0 atom stereocenters. The number of hydrogen-bond acceptors (Lipinski definition) is 2. The molecular weight excluding hydrogens is 355 g/mol. The van der Waals surface area contributed by atoms with Gasteiger partial charge in [-0.05, 0) is 36.6 Å². The van der Waals surface area contributed by atoms with Crippen LogP contribution < -0.4 is 10.6 Å². The zero-order valence-electron chi connectivity index (χ0n) is 16.8. The lowest BCUT2D eigenvalue weighted by Crippen LogP contribution is -2.39. The lowest BCUT2D eigenvalue weighted by Gasteiger charge is -2.18. The molecule has 6 heteroatoms. The van der Waals surface area contributed by atoms with Gasteiger partial charge in [-0.3, -0.25) is 4.79 Å². The average Bonchev–Trinajstić information content (AvgIpc) is 2.69. The van der Waals surface area contributed by atoms with E-state index in [9.17, 15) is 9.18 Å². The van der Waals surface area contributed by atoms with Crippen LogP contribution in [0.2, 0.25) is 0 Å². The maximum absolute atomic E-state index is 13.7. The van der Waals surface area contributed by atoms with E-state index >= 15 is 0 Å². The first-order valence-electron chi connectivity index (χ1n) is 9.54. The van der Waals surface area contributed by atoms with E-state index in [4.69, 9.17) is 0 Å². The van der Waals surface area contributed by atoms with Gasteiger partial charge in [0.15, 0.2) is 5.96 Å². The SMILES string of the molecule is CCNC(=NCc1ccc(C)c(F)c1)NCCC(=O)N(C)Cc1ccccc1. The van der Waals surface area contributed by atoms with Crippen molar-refractivity contribution in [2.24, 2.45) is 4.99 Å². The smallest absolute Gasteiger partial charge is 0.224 e. The average molecular weight is 384 g/mol. The maximum Gasteiger partial charge on any atom is 0.224 e. The van der Waals surface area contributed by atoms with Crippen molar-refractivity contribution < 1.29 is 9.18 Å². The Hall–Kier alpha value is -2.89. The van der Waals surface area contributed by atoms with Gasteiger partial charge in [0, 0.05) is 33.1 Å². The molecule has 0 fully saturated rings. The van der Waals surface area contributed by atoms with Gasteiger partial charge < -0.3 is 15.5 Å². The fourth-order valence-corrected chi connectivity index (χ4v) is 2.67. The van der Waals surface area contributed by atoms with E-state index in [-0.39, 0.29) is 11.7 Å². The predicted octanol–water partition coefficient (Wildman–Crippen LogP) is 3.24. The van der Waals surface area contributed by atoms with Crippen molar-refractivity contribution in [3.05, 3.63) is 71.0 Å². The van der Waals surface area contributed by atoms with Gasteiger partial charge in [0.1, 0.15) is 5.82 Å². The topological polar surface area (TPSA) is 56.7 Å². The zero-order valence-corrected chi connectivity index (χ0v) is 16.8. The number of nitrogens with one attached hydrogen (secondary N) is 2. The van der Waals surface area contributed by atoms with Crippen LogP contribution in [-0.4, -0.2) is 36.9 Å². The summed E-state index contributed by atoms with van der Waals surface area (Å²) in [4.78, 5) is 18.5. The normalized spacial score (nSPS) is 11.2. The third kappa shape index (κ3) is 7.02. The summed E-state index contributed by atoms with van der Waals surface area (Å²) in [6, 6.07) is 15.0. The van der Waals surface area contributed by atoms with E-state index in [0.29, 0.717) is 44.1 Å². The fourth-order valence-electron chi connectivity index (χ4n) is 2.67. The quantitative estimate of drug-likeness (QED) is 0.543. The second kappa shape index (κ2) is 11.1. The Morgan fingerprint density at radius 1 is 1.11 bits per heavy atom. The highest BCUT2D eigenvalue weighted by Crippen LogP contribution is 2.10. The molecule has 150 valence electrons. The molecule has 0 aliphatic rings. The molecule has 0 heterocycles. The number of carbonyl (C=O) groups excluding carboxylic acids is 1. The van der Waals surface area contributed by atoms with E-state index in [1.807, 2.05) is 43.3 Å². The van der Waals surface area contributed by atoms with Crippen LogP contribution in [0.5, 0.6) is 0 Å². The van der Waals surface area contributed by atoms with E-state index in [1.54, 1.807) is 24.9 Å². The largest absolute Gasteiger partial charge is 0.357 e. The van der Waals surface area contributed by atoms with E-state index in [0.717, 1.165) is 11.1 Å². The highest BCUT2D eigenvalue weighted by atomic mass is 19.1. The number of rotatable bonds is 8. The standard InChI is InChI=1S/C22H29FN4O/c1-4-24-22(26-15-19-11-10-17(2)20(23)14-19)25-13-12-21(28)27(3)16-18-8-6-5-7-9-18/h5-11,14H,4,12-13,15-16H2,1-3H3,(H2,24,25,26). The van der Waals surface area contributed by atoms with Gasteiger partial charge in [0.2, 0.25) is 5.91 Å². The van der Waals surface area contributed by atoms with E-state index in [1.165, 1.54) is 6.07 Å². The summed E-state index contributed by atoms with van der Waals surface area (Å²) in [6.07, 6.45) is 0.368. The molecule has 0 aliphatic carbocycles. The molecule has 2 N–H and O–H groups in total. The molecule has 0 saturated heterocycles. The van der Waals surface area contributed by atoms with Gasteiger partial charge in [-0.2, -0.15) is 0 Å². The molecule has 0 radical (unpaired) electrons. The Labute approximate surface area is 166 Å². The second-order valence-corrected chi connectivity index (χ2v) is 6.69. The third-order valence-corrected chi connectivity index (χ3v) is 4.32. The number of guanidine groups is 1. The summed E-state index contributed by atoms with van der Waals surface area (Å²) in [5, 5.41) is 6.31. The highest BCUT2D eigenvalue weighted by Gasteiger charge is 2.09. The summed E-state index contributed by atoms with van der Waals surface area (Å²) >= 11 is 0. The molecule has 28 heavy (non-hydrogen) atoms. The molecule has 2 aromatic carbocycles. The third-order valence-electron chi connectivity index (χ3n) is 4.32. The van der Waals surface area contributed by atoms with Crippen LogP contribution in [0, 0.1) is 12.7 Å². The summed E-state index contributed by atoms with van der Waals surface area (Å²) in [7, 11) is 1.81. The van der Waals surface area contributed by atoms with E-state index < -0.39 is 0 Å². The highest BCUT2D eigenvalue weighted by molar-refractivity contribution is 5.81. The molecule has 0 bridgehead atoms. The van der Waals surface area contributed by atoms with Crippen molar-refractivity contribution in [3.8, 4) is 0 Å². The Morgan fingerprint density at radius 2 is 1.86 bits per heavy atom. The number of aliphatic imine (C=N–C) groups is 1. The number of amides is 1. The summed E-state index contributed by atoms with van der Waals surface area (Å²) in [5.41, 5.74) is 2.53. The van der Waals surface area contributed by atoms with Gasteiger partial charge in [-0.1, -0.05) is 42.5 Å². The summed E-state index contributed by atoms with van der Waals surface area (Å²) in [6.45, 7) is 5.85. The van der Waals surface area contributed by atoms with Crippen LogP contribution in [0.1, 0.15) is 30.0 Å². The molecule has 0 unspecified atom stereocenters. The van der Waals surface area contributed by atoms with Crippen molar-refractivity contribution in [2.45, 2.75) is 33.4 Å². The molecule has 0 saturated carbocycles. The predicted molar refractivity (Wildman–Crippen MR) is 111 cm³/mol. The Bertz CT molecular complexity index is 792. The van der Waals surface area contributed by atoms with Crippen LogP contribution in [-0.2, 0) is 17.9 Å². The number of nitrogens with zero attached hydrogens (tertiary/aromatic N) is 2. The van der Waals surface area contributed by atoms with Gasteiger partial charge in [0.25, 0.3) is 0 Å². The maximum atomic E-state index is 13.7. The number of aryl methyl sites for hydroxylation is 1. The minimum Gasteiger partial charge on any atom is -0.357 e. The van der Waals surface area contributed by atoms with Crippen LogP contribution >= 0.6 is 0 Å². The molecule has 2 rings (SSSR count). The first kappa shape index (κ1) is 21.4. The van der Waals surface area contributed by atoms with Gasteiger partial charge in [-0.25, -0.2) is 9.38 Å². The Balaban J connectivity index is 1.83. The number of carbonyl (C=O) groups is 1. The van der Waals surface area contributed by atoms with Gasteiger partial charge in [0.05, 0.1) is 6.54 Å². The van der Waals surface area contributed by atoms with Gasteiger partial charge in [-0.15, -0.1) is 0 Å². The molecule has 0 aromatic heterocycles. The minimum atomic E-state index is -0.224. The van der Waals surface area contributed by atoms with Crippen molar-refractivity contribution in [3.63, 3.8) is 0 Å². The molecule has 2 aromatic rings. The van der Waals surface area contributed by atoms with Crippen molar-refractivity contribution in [1.82, 2.24) is 15.5 Å². The number of halogens is 1. The summed E-state index contributed by atoms with van der Waals surface area (Å²) < 4.78 is 13.7. The monoisotopic (exact) mass is 384 g/mol. The first-order chi connectivity index (χ1) is 13.5. The number of hydrogen-bond donors (Lipinski definition) is 2. The fraction of sp³-hybridized carbons (Fsp3) is 0.364. The van der Waals surface area contributed by atoms with Crippen LogP contribution in [0.4, 0.5) is 4.39 Å². The molecular formula is C22H29FN4O. The van der Waals surface area contributed by atoms with Crippen LogP contribution in [0.3, 0.4) is 0 Å². The van der Waals surface area contributed by atoms with E-state index in [2.05, 4.69) is 15.6 Å². The van der Waals surface area contributed by atoms with Crippen molar-refractivity contribution >= 4 is 11.9 Å². The summed E-state index contributed by atoms with van der Waals surface area (Å²) in [5.74, 6) is 0.451. The van der Waals surface area contributed by atoms with Crippen molar-refractivity contribution in [1.29, 1.82) is 0 Å².